The average molecular weight is 352 g/mol. The molecule has 0 bridgehead atoms. The third kappa shape index (κ3) is 4.65. The Morgan fingerprint density at radius 1 is 1.36 bits per heavy atom. The molecular weight excluding hydrogens is 335 g/mol. The maximum absolute atomic E-state index is 11.9. The van der Waals surface area contributed by atoms with Crippen molar-refractivity contribution < 1.29 is 39.5 Å². The summed E-state index contributed by atoms with van der Waals surface area (Å²) < 4.78 is 0. The fourth-order valence-corrected chi connectivity index (χ4v) is 2.52. The van der Waals surface area contributed by atoms with E-state index in [9.17, 15) is 14.7 Å². The molecule has 2 aromatic rings. The number of nitrogens with one attached hydrogen (secondary N) is 4. The summed E-state index contributed by atoms with van der Waals surface area (Å²) >= 11 is 0. The van der Waals surface area contributed by atoms with Crippen LogP contribution in [-0.2, 0) is 0 Å². The van der Waals surface area contributed by atoms with Crippen LogP contribution in [0.3, 0.4) is 0 Å². The van der Waals surface area contributed by atoms with E-state index in [2.05, 4.69) is 25.9 Å². The number of aromatic carboxylic acids is 1. The Morgan fingerprint density at radius 3 is 2.76 bits per heavy atom. The molecule has 1 unspecified atom stereocenters. The molecule has 1 atom stereocenters. The molecule has 3 rings (SSSR count). The summed E-state index contributed by atoms with van der Waals surface area (Å²) in [6.07, 6.45) is 0.749. The van der Waals surface area contributed by atoms with Gasteiger partial charge in [0.25, 0.3) is 5.56 Å². The summed E-state index contributed by atoms with van der Waals surface area (Å²) in [6, 6.07) is 6.40. The molecule has 0 radical (unpaired) electrons. The van der Waals surface area contributed by atoms with Crippen LogP contribution in [0.4, 0.5) is 23.1 Å². The van der Waals surface area contributed by atoms with E-state index >= 15 is 0 Å². The summed E-state index contributed by atoms with van der Waals surface area (Å²) in [5, 5.41) is 20.1. The minimum absolute atomic E-state index is 0. The van der Waals surface area contributed by atoms with Crippen molar-refractivity contribution in [3.05, 3.63) is 40.2 Å². The molecular formula is C15H17N6NaO3. The van der Waals surface area contributed by atoms with E-state index in [0.29, 0.717) is 24.6 Å². The number of carboxylic acid groups (broad SMARTS) is 1. The molecule has 0 spiro atoms. The molecule has 126 valence electrons. The van der Waals surface area contributed by atoms with Gasteiger partial charge in [0.05, 0.1) is 5.97 Å². The van der Waals surface area contributed by atoms with E-state index in [4.69, 9.17) is 5.73 Å². The second-order valence-electron chi connectivity index (χ2n) is 5.48. The molecule has 0 fully saturated rings. The van der Waals surface area contributed by atoms with Gasteiger partial charge in [0.2, 0.25) is 5.95 Å². The quantitative estimate of drug-likeness (QED) is 0.347. The van der Waals surface area contributed by atoms with Crippen LogP contribution in [0.25, 0.3) is 0 Å². The third-order valence-corrected chi connectivity index (χ3v) is 3.74. The number of aromatic amines is 1. The Balaban J connectivity index is 0.00000225. The van der Waals surface area contributed by atoms with Gasteiger partial charge in [-0.1, -0.05) is 12.1 Å². The topological polar surface area (TPSA) is 148 Å². The van der Waals surface area contributed by atoms with Crippen molar-refractivity contribution in [3.63, 3.8) is 0 Å². The van der Waals surface area contributed by atoms with Gasteiger partial charge in [-0.25, -0.2) is 0 Å². The van der Waals surface area contributed by atoms with E-state index in [1.807, 2.05) is 0 Å². The third-order valence-electron chi connectivity index (χ3n) is 3.74. The molecule has 25 heavy (non-hydrogen) atoms. The summed E-state index contributed by atoms with van der Waals surface area (Å²) in [6.45, 7) is 1.27. The number of anilines is 4. The monoisotopic (exact) mass is 352 g/mol. The van der Waals surface area contributed by atoms with Crippen LogP contribution in [-0.4, -0.2) is 35.1 Å². The number of nitrogen functional groups attached to an aromatic ring is 1. The molecule has 0 amide bonds. The fourth-order valence-electron chi connectivity index (χ4n) is 2.52. The van der Waals surface area contributed by atoms with Crippen molar-refractivity contribution in [2.45, 2.75) is 12.5 Å². The summed E-state index contributed by atoms with van der Waals surface area (Å²) in [5.74, 6) is -0.663. The molecule has 0 saturated heterocycles. The first-order chi connectivity index (χ1) is 11.5. The molecule has 1 aromatic carbocycles. The van der Waals surface area contributed by atoms with E-state index in [1.165, 1.54) is 12.1 Å². The first-order valence-electron chi connectivity index (χ1n) is 7.48. The smallest absolute Gasteiger partial charge is 0.545 e. The zero-order valence-electron chi connectivity index (χ0n) is 13.8. The van der Waals surface area contributed by atoms with Gasteiger partial charge in [0.15, 0.2) is 5.82 Å². The van der Waals surface area contributed by atoms with Crippen molar-refractivity contribution in [2.24, 2.45) is 0 Å². The van der Waals surface area contributed by atoms with Gasteiger partial charge < -0.3 is 31.6 Å². The molecule has 0 aliphatic carbocycles. The van der Waals surface area contributed by atoms with Crippen molar-refractivity contribution in [1.29, 1.82) is 0 Å². The Hall–Kier alpha value is -2.23. The minimum Gasteiger partial charge on any atom is -0.545 e. The Kier molecular flexibility index (Phi) is 6.29. The Morgan fingerprint density at radius 2 is 2.08 bits per heavy atom. The van der Waals surface area contributed by atoms with Crippen molar-refractivity contribution in [1.82, 2.24) is 9.97 Å². The summed E-state index contributed by atoms with van der Waals surface area (Å²) in [7, 11) is 0. The van der Waals surface area contributed by atoms with Gasteiger partial charge in [0, 0.05) is 24.8 Å². The fraction of sp³-hybridized carbons (Fsp3) is 0.267. The predicted octanol–water partition coefficient (Wildman–Crippen LogP) is -3.57. The molecule has 1 aromatic heterocycles. The Bertz CT molecular complexity index is 808. The maximum Gasteiger partial charge on any atom is 1.00 e. The average Bonchev–Trinajstić information content (AvgIpc) is 2.55. The summed E-state index contributed by atoms with van der Waals surface area (Å²) in [4.78, 5) is 29.1. The summed E-state index contributed by atoms with van der Waals surface area (Å²) in [5.41, 5.74) is 6.55. The van der Waals surface area contributed by atoms with Gasteiger partial charge in [-0.05, 0) is 24.1 Å². The van der Waals surface area contributed by atoms with Gasteiger partial charge in [-0.3, -0.25) is 9.78 Å². The van der Waals surface area contributed by atoms with E-state index in [-0.39, 0.29) is 52.7 Å². The molecule has 2 heterocycles. The first kappa shape index (κ1) is 19.1. The van der Waals surface area contributed by atoms with Crippen LogP contribution in [0, 0.1) is 0 Å². The van der Waals surface area contributed by atoms with Crippen molar-refractivity contribution in [3.8, 4) is 0 Å². The number of hydrogen-bond donors (Lipinski definition) is 5. The molecule has 9 nitrogen and oxygen atoms in total. The van der Waals surface area contributed by atoms with Crippen LogP contribution in [0.15, 0.2) is 29.1 Å². The van der Waals surface area contributed by atoms with E-state index in [0.717, 1.165) is 12.1 Å². The standard InChI is InChI=1S/C15H18N6O3.Na/c16-15-20-12-11(13(22)21-15)19-10(7-18-12)5-6-17-9-3-1-8(2-4-9)14(23)24;/h1-4,10,17,19H,5-7H2,(H,23,24)(H4,16,18,20,21,22);/q;+1/p-1. The molecule has 1 aliphatic rings. The van der Waals surface area contributed by atoms with Crippen LogP contribution >= 0.6 is 0 Å². The number of fused-ring (bicyclic) bond motifs is 1. The zero-order valence-corrected chi connectivity index (χ0v) is 15.8. The first-order valence-corrected chi connectivity index (χ1v) is 7.48. The van der Waals surface area contributed by atoms with Crippen LogP contribution in [0.2, 0.25) is 0 Å². The van der Waals surface area contributed by atoms with Gasteiger partial charge in [-0.15, -0.1) is 0 Å². The van der Waals surface area contributed by atoms with Gasteiger partial charge >= 0.3 is 29.6 Å². The number of benzene rings is 1. The van der Waals surface area contributed by atoms with Crippen LogP contribution < -0.4 is 61.9 Å². The molecule has 1 aliphatic heterocycles. The molecule has 10 heteroatoms. The van der Waals surface area contributed by atoms with Crippen LogP contribution in [0.5, 0.6) is 0 Å². The second kappa shape index (κ2) is 8.24. The zero-order chi connectivity index (χ0) is 17.1. The largest absolute Gasteiger partial charge is 1.00 e. The number of carbonyl (C=O) groups excluding carboxylic acids is 1. The number of hydrogen-bond acceptors (Lipinski definition) is 8. The van der Waals surface area contributed by atoms with Crippen LogP contribution in [0.1, 0.15) is 16.8 Å². The van der Waals surface area contributed by atoms with Crippen molar-refractivity contribution in [2.75, 3.05) is 34.8 Å². The number of nitrogens with two attached hydrogens (primary N) is 1. The number of H-pyrrole nitrogens is 1. The predicted molar refractivity (Wildman–Crippen MR) is 89.0 cm³/mol. The molecule has 6 N–H and O–H groups in total. The number of carboxylic acids is 1. The van der Waals surface area contributed by atoms with Gasteiger partial charge in [-0.2, -0.15) is 4.98 Å². The van der Waals surface area contributed by atoms with Crippen molar-refractivity contribution >= 4 is 29.1 Å². The second-order valence-corrected chi connectivity index (χ2v) is 5.48. The normalized spacial score (nSPS) is 15.1. The molecule has 0 saturated carbocycles. The van der Waals surface area contributed by atoms with Gasteiger partial charge in [0.1, 0.15) is 5.69 Å². The van der Waals surface area contributed by atoms with E-state index in [1.54, 1.807) is 12.1 Å². The van der Waals surface area contributed by atoms with E-state index < -0.39 is 5.97 Å². The minimum atomic E-state index is -1.20. The Labute approximate surface area is 165 Å². The number of carbonyl (C=O) groups is 1. The number of aromatic nitrogens is 2. The number of rotatable bonds is 5. The maximum atomic E-state index is 11.9. The number of nitrogens with zero attached hydrogens (tertiary/aromatic N) is 1. The SMILES string of the molecule is Nc1nc2c(c(=O)[nH]1)NC(CCNc1ccc(C(=O)[O-])cc1)CN2.[Na+].